The second kappa shape index (κ2) is 4.91. The molecule has 0 saturated heterocycles. The van der Waals surface area contributed by atoms with Gasteiger partial charge in [-0.2, -0.15) is 0 Å². The smallest absolute Gasteiger partial charge is 0.163 e. The third-order valence-corrected chi connectivity index (χ3v) is 2.28. The van der Waals surface area contributed by atoms with E-state index in [9.17, 15) is 4.79 Å². The summed E-state index contributed by atoms with van der Waals surface area (Å²) in [5.41, 5.74) is 7.39. The zero-order valence-electron chi connectivity index (χ0n) is 8.79. The SMILES string of the molecule is Cc1cccc(C(=O)CC(C)CN)c1. The molecule has 0 saturated carbocycles. The maximum Gasteiger partial charge on any atom is 0.163 e. The summed E-state index contributed by atoms with van der Waals surface area (Å²) in [4.78, 5) is 11.7. The number of rotatable bonds is 4. The monoisotopic (exact) mass is 191 g/mol. The van der Waals surface area contributed by atoms with E-state index in [4.69, 9.17) is 5.73 Å². The molecule has 0 fully saturated rings. The molecular weight excluding hydrogens is 174 g/mol. The Balaban J connectivity index is 2.70. The Morgan fingerprint density at radius 2 is 2.21 bits per heavy atom. The summed E-state index contributed by atoms with van der Waals surface area (Å²) in [5.74, 6) is 0.453. The van der Waals surface area contributed by atoms with Crippen LogP contribution in [0.2, 0.25) is 0 Å². The first kappa shape index (κ1) is 10.9. The Morgan fingerprint density at radius 3 is 2.79 bits per heavy atom. The molecule has 0 aliphatic heterocycles. The summed E-state index contributed by atoms with van der Waals surface area (Å²) in [5, 5.41) is 0. The summed E-state index contributed by atoms with van der Waals surface area (Å²) in [6, 6.07) is 7.68. The minimum absolute atomic E-state index is 0.187. The van der Waals surface area contributed by atoms with Gasteiger partial charge in [-0.15, -0.1) is 0 Å². The van der Waals surface area contributed by atoms with Gasteiger partial charge in [-0.1, -0.05) is 30.7 Å². The van der Waals surface area contributed by atoms with Crippen molar-refractivity contribution in [2.24, 2.45) is 11.7 Å². The number of ketones is 1. The maximum atomic E-state index is 11.7. The highest BCUT2D eigenvalue weighted by atomic mass is 16.1. The van der Waals surface area contributed by atoms with Crippen LogP contribution in [0.4, 0.5) is 0 Å². The average molecular weight is 191 g/mol. The number of benzene rings is 1. The van der Waals surface area contributed by atoms with Crippen molar-refractivity contribution in [3.63, 3.8) is 0 Å². The zero-order valence-corrected chi connectivity index (χ0v) is 8.79. The van der Waals surface area contributed by atoms with Gasteiger partial charge in [-0.05, 0) is 25.5 Å². The third-order valence-electron chi connectivity index (χ3n) is 2.28. The maximum absolute atomic E-state index is 11.7. The first-order valence-electron chi connectivity index (χ1n) is 4.93. The molecule has 0 amide bonds. The van der Waals surface area contributed by atoms with Crippen molar-refractivity contribution < 1.29 is 4.79 Å². The highest BCUT2D eigenvalue weighted by Gasteiger charge is 2.09. The van der Waals surface area contributed by atoms with Crippen LogP contribution in [0, 0.1) is 12.8 Å². The van der Waals surface area contributed by atoms with Crippen molar-refractivity contribution >= 4 is 5.78 Å². The van der Waals surface area contributed by atoms with Crippen molar-refractivity contribution in [3.8, 4) is 0 Å². The van der Waals surface area contributed by atoms with Crippen LogP contribution >= 0.6 is 0 Å². The number of hydrogen-bond donors (Lipinski definition) is 1. The van der Waals surface area contributed by atoms with Crippen LogP contribution in [0.25, 0.3) is 0 Å². The molecule has 1 aromatic carbocycles. The van der Waals surface area contributed by atoms with Crippen LogP contribution in [-0.4, -0.2) is 12.3 Å². The van der Waals surface area contributed by atoms with Crippen molar-refractivity contribution in [3.05, 3.63) is 35.4 Å². The van der Waals surface area contributed by atoms with Gasteiger partial charge < -0.3 is 5.73 Å². The van der Waals surface area contributed by atoms with E-state index >= 15 is 0 Å². The number of Topliss-reactive ketones (excluding diaryl/α,β-unsaturated/α-hetero) is 1. The van der Waals surface area contributed by atoms with Crippen molar-refractivity contribution in [2.75, 3.05) is 6.54 Å². The minimum atomic E-state index is 0.187. The lowest BCUT2D eigenvalue weighted by molar-refractivity contribution is 0.0966. The van der Waals surface area contributed by atoms with Gasteiger partial charge >= 0.3 is 0 Å². The number of aryl methyl sites for hydroxylation is 1. The Labute approximate surface area is 85.1 Å². The first-order valence-corrected chi connectivity index (χ1v) is 4.93. The van der Waals surface area contributed by atoms with E-state index in [0.717, 1.165) is 11.1 Å². The van der Waals surface area contributed by atoms with Crippen LogP contribution in [0.1, 0.15) is 29.3 Å². The largest absolute Gasteiger partial charge is 0.330 e. The topological polar surface area (TPSA) is 43.1 Å². The molecule has 1 aromatic rings. The van der Waals surface area contributed by atoms with Crippen molar-refractivity contribution in [2.45, 2.75) is 20.3 Å². The van der Waals surface area contributed by atoms with E-state index in [2.05, 4.69) is 0 Å². The van der Waals surface area contributed by atoms with Gasteiger partial charge in [0.2, 0.25) is 0 Å². The highest BCUT2D eigenvalue weighted by Crippen LogP contribution is 2.10. The molecule has 0 radical (unpaired) electrons. The van der Waals surface area contributed by atoms with Crippen LogP contribution in [0.5, 0.6) is 0 Å². The predicted octanol–water partition coefficient (Wildman–Crippen LogP) is 2.16. The quantitative estimate of drug-likeness (QED) is 0.741. The lowest BCUT2D eigenvalue weighted by Crippen LogP contribution is -2.15. The number of nitrogens with two attached hydrogens (primary N) is 1. The summed E-state index contributed by atoms with van der Waals surface area (Å²) in [7, 11) is 0. The minimum Gasteiger partial charge on any atom is -0.330 e. The number of hydrogen-bond acceptors (Lipinski definition) is 2. The van der Waals surface area contributed by atoms with E-state index in [0.29, 0.717) is 13.0 Å². The summed E-state index contributed by atoms with van der Waals surface area (Å²) < 4.78 is 0. The third kappa shape index (κ3) is 2.96. The molecule has 1 atom stereocenters. The van der Waals surface area contributed by atoms with E-state index in [1.54, 1.807) is 0 Å². The fourth-order valence-electron chi connectivity index (χ4n) is 1.34. The molecule has 2 N–H and O–H groups in total. The van der Waals surface area contributed by atoms with Crippen LogP contribution in [0.3, 0.4) is 0 Å². The molecule has 0 heterocycles. The molecular formula is C12H17NO. The van der Waals surface area contributed by atoms with E-state index < -0.39 is 0 Å². The van der Waals surface area contributed by atoms with Crippen molar-refractivity contribution in [1.29, 1.82) is 0 Å². The highest BCUT2D eigenvalue weighted by molar-refractivity contribution is 5.96. The Bertz CT molecular complexity index is 320. The van der Waals surface area contributed by atoms with Gasteiger partial charge in [-0.25, -0.2) is 0 Å². The molecule has 0 aromatic heterocycles. The lowest BCUT2D eigenvalue weighted by atomic mass is 9.99. The molecule has 0 spiro atoms. The standard InChI is InChI=1S/C12H17NO/c1-9-4-3-5-11(6-9)12(14)7-10(2)8-13/h3-6,10H,7-8,13H2,1-2H3. The molecule has 0 aliphatic carbocycles. The Morgan fingerprint density at radius 1 is 1.50 bits per heavy atom. The van der Waals surface area contributed by atoms with Crippen molar-refractivity contribution in [1.82, 2.24) is 0 Å². The van der Waals surface area contributed by atoms with Crippen LogP contribution in [0.15, 0.2) is 24.3 Å². The predicted molar refractivity (Wildman–Crippen MR) is 58.3 cm³/mol. The summed E-state index contributed by atoms with van der Waals surface area (Å²) in [6.07, 6.45) is 0.542. The van der Waals surface area contributed by atoms with E-state index in [1.807, 2.05) is 38.1 Å². The molecule has 1 unspecified atom stereocenters. The molecule has 2 nitrogen and oxygen atoms in total. The van der Waals surface area contributed by atoms with E-state index in [-0.39, 0.29) is 11.7 Å². The molecule has 0 aliphatic rings. The number of carbonyl (C=O) groups is 1. The Kier molecular flexibility index (Phi) is 3.84. The summed E-state index contributed by atoms with van der Waals surface area (Å²) >= 11 is 0. The fourth-order valence-corrected chi connectivity index (χ4v) is 1.34. The first-order chi connectivity index (χ1) is 6.63. The van der Waals surface area contributed by atoms with E-state index in [1.165, 1.54) is 0 Å². The lowest BCUT2D eigenvalue weighted by Gasteiger charge is -2.07. The second-order valence-corrected chi connectivity index (χ2v) is 3.84. The number of carbonyl (C=O) groups excluding carboxylic acids is 1. The van der Waals surface area contributed by atoms with Gasteiger partial charge in [0.1, 0.15) is 0 Å². The van der Waals surface area contributed by atoms with Gasteiger partial charge in [0, 0.05) is 12.0 Å². The molecule has 0 bridgehead atoms. The zero-order chi connectivity index (χ0) is 10.6. The van der Waals surface area contributed by atoms with Crippen LogP contribution in [-0.2, 0) is 0 Å². The molecule has 1 rings (SSSR count). The molecule has 76 valence electrons. The second-order valence-electron chi connectivity index (χ2n) is 3.84. The van der Waals surface area contributed by atoms with Gasteiger partial charge in [-0.3, -0.25) is 4.79 Å². The average Bonchev–Trinajstić information content (AvgIpc) is 2.17. The van der Waals surface area contributed by atoms with Crippen LogP contribution < -0.4 is 5.73 Å². The molecule has 14 heavy (non-hydrogen) atoms. The molecule has 2 heteroatoms. The Hall–Kier alpha value is -1.15. The van der Waals surface area contributed by atoms with Gasteiger partial charge in [0.15, 0.2) is 5.78 Å². The fraction of sp³-hybridized carbons (Fsp3) is 0.417. The summed E-state index contributed by atoms with van der Waals surface area (Å²) in [6.45, 7) is 4.55. The normalized spacial score (nSPS) is 12.5. The van der Waals surface area contributed by atoms with Gasteiger partial charge in [0.05, 0.1) is 0 Å². The van der Waals surface area contributed by atoms with Gasteiger partial charge in [0.25, 0.3) is 0 Å².